The van der Waals surface area contributed by atoms with E-state index in [9.17, 15) is 27.5 Å². The summed E-state index contributed by atoms with van der Waals surface area (Å²) in [5.74, 6) is -1.47. The Bertz CT molecular complexity index is 1810. The largest absolute Gasteiger partial charge is 0.470 e. The number of benzene rings is 2. The molecule has 208 valence electrons. The number of thiophene rings is 1. The summed E-state index contributed by atoms with van der Waals surface area (Å²) in [5.41, 5.74) is 1.08. The number of alkyl halides is 3. The van der Waals surface area contributed by atoms with Crippen molar-refractivity contribution < 1.29 is 31.8 Å². The van der Waals surface area contributed by atoms with Crippen LogP contribution in [0.4, 0.5) is 17.6 Å². The molecule has 0 spiro atoms. The topological polar surface area (TPSA) is 90.4 Å². The van der Waals surface area contributed by atoms with E-state index in [1.54, 1.807) is 59.1 Å². The second-order valence-corrected chi connectivity index (χ2v) is 11.0. The normalized spacial score (nSPS) is 12.3. The lowest BCUT2D eigenvalue weighted by atomic mass is 9.93. The maximum absolute atomic E-state index is 13.9. The number of ether oxygens (including phenoxy) is 1. The molecule has 0 bridgehead atoms. The van der Waals surface area contributed by atoms with Crippen LogP contribution in [0.5, 0.6) is 11.5 Å². The molecule has 0 aliphatic carbocycles. The van der Waals surface area contributed by atoms with Crippen molar-refractivity contribution in [3.63, 3.8) is 0 Å². The zero-order valence-electron chi connectivity index (χ0n) is 22.0. The van der Waals surface area contributed by atoms with E-state index < -0.39 is 23.5 Å². The van der Waals surface area contributed by atoms with Gasteiger partial charge in [0.15, 0.2) is 0 Å². The predicted molar refractivity (Wildman–Crippen MR) is 142 cm³/mol. The van der Waals surface area contributed by atoms with Gasteiger partial charge in [0.2, 0.25) is 0 Å². The first-order valence-corrected chi connectivity index (χ1v) is 12.8. The predicted octanol–water partition coefficient (Wildman–Crippen LogP) is 7.11. The van der Waals surface area contributed by atoms with Crippen molar-refractivity contribution in [1.29, 1.82) is 0 Å². The van der Waals surface area contributed by atoms with Crippen LogP contribution in [0.2, 0.25) is 0 Å². The van der Waals surface area contributed by atoms with Crippen LogP contribution < -0.4 is 10.3 Å². The number of rotatable bonds is 5. The Morgan fingerprint density at radius 3 is 2.30 bits per heavy atom. The summed E-state index contributed by atoms with van der Waals surface area (Å²) in [6, 6.07) is 9.20. The maximum Gasteiger partial charge on any atom is 0.470 e. The molecule has 12 heteroatoms. The molecule has 0 aliphatic heterocycles. The number of pyridine rings is 1. The number of fused-ring (bicyclic) bond motifs is 1. The van der Waals surface area contributed by atoms with Crippen LogP contribution in [0.15, 0.2) is 51.8 Å². The highest BCUT2D eigenvalue weighted by Crippen LogP contribution is 2.44. The fourth-order valence-corrected chi connectivity index (χ4v) is 5.46. The fourth-order valence-electron chi connectivity index (χ4n) is 4.36. The quantitative estimate of drug-likeness (QED) is 0.225. The molecule has 0 aliphatic rings. The van der Waals surface area contributed by atoms with Crippen molar-refractivity contribution in [1.82, 2.24) is 14.8 Å². The zero-order valence-corrected chi connectivity index (χ0v) is 22.8. The van der Waals surface area contributed by atoms with E-state index in [2.05, 4.69) is 10.2 Å². The first kappa shape index (κ1) is 27.5. The first-order valence-electron chi connectivity index (χ1n) is 12.0. The first-order chi connectivity index (χ1) is 18.6. The van der Waals surface area contributed by atoms with Crippen molar-refractivity contribution >= 4 is 21.4 Å². The molecule has 7 nitrogen and oxygen atoms in total. The summed E-state index contributed by atoms with van der Waals surface area (Å²) in [6.45, 7) is 6.67. The second kappa shape index (κ2) is 9.56. The number of aromatic nitrogens is 3. The third-order valence-corrected chi connectivity index (χ3v) is 7.50. The Labute approximate surface area is 229 Å². The molecule has 3 aromatic heterocycles. The zero-order chi connectivity index (χ0) is 29.1. The average molecular weight is 574 g/mol. The molecule has 3 heterocycles. The summed E-state index contributed by atoms with van der Waals surface area (Å²) < 4.78 is 66.1. The molecule has 0 saturated heterocycles. The number of aryl methyl sites for hydroxylation is 3. The van der Waals surface area contributed by atoms with Crippen LogP contribution in [-0.2, 0) is 18.8 Å². The van der Waals surface area contributed by atoms with E-state index in [0.717, 1.165) is 11.3 Å². The van der Waals surface area contributed by atoms with Crippen LogP contribution in [-0.4, -0.2) is 19.9 Å². The lowest BCUT2D eigenvalue weighted by molar-refractivity contribution is -0.156. The lowest BCUT2D eigenvalue weighted by Crippen LogP contribution is -2.17. The van der Waals surface area contributed by atoms with Gasteiger partial charge in [-0.1, -0.05) is 6.07 Å². The van der Waals surface area contributed by atoms with Crippen LogP contribution in [0, 0.1) is 19.7 Å². The van der Waals surface area contributed by atoms with Gasteiger partial charge in [-0.3, -0.25) is 4.79 Å². The standard InChI is InChI=1S/C28H23F4N3O4S/c1-13-8-16(29)9-14(2)22(13)38-20-7-6-15(27(3,4)37)10-17(20)19-12-35(5)25(36)18-11-21(40-23(18)19)24-33-34-26(39-24)28(30,31)32/h6-12,37H,1-5H3. The molecule has 0 fully saturated rings. The number of hydrogen-bond donors (Lipinski definition) is 1. The monoisotopic (exact) mass is 573 g/mol. The average Bonchev–Trinajstić information content (AvgIpc) is 3.51. The molecular weight excluding hydrogens is 550 g/mol. The van der Waals surface area contributed by atoms with Crippen LogP contribution in [0.1, 0.15) is 36.4 Å². The highest BCUT2D eigenvalue weighted by atomic mass is 32.1. The summed E-state index contributed by atoms with van der Waals surface area (Å²) in [4.78, 5) is 13.2. The van der Waals surface area contributed by atoms with Gasteiger partial charge in [-0.05, 0) is 74.7 Å². The van der Waals surface area contributed by atoms with E-state index in [4.69, 9.17) is 9.15 Å². The van der Waals surface area contributed by atoms with Crippen molar-refractivity contribution in [2.75, 3.05) is 0 Å². The van der Waals surface area contributed by atoms with Crippen LogP contribution in [0.25, 0.3) is 32.0 Å². The molecule has 2 aromatic carbocycles. The Balaban J connectivity index is 1.75. The highest BCUT2D eigenvalue weighted by molar-refractivity contribution is 7.22. The van der Waals surface area contributed by atoms with E-state index in [0.29, 0.717) is 44.0 Å². The van der Waals surface area contributed by atoms with Crippen LogP contribution in [0.3, 0.4) is 0 Å². The van der Waals surface area contributed by atoms with Gasteiger partial charge < -0.3 is 18.8 Å². The Hall–Kier alpha value is -4.03. The van der Waals surface area contributed by atoms with Gasteiger partial charge in [0.05, 0.1) is 20.6 Å². The minimum absolute atomic E-state index is 0.175. The van der Waals surface area contributed by atoms with Crippen molar-refractivity contribution in [3.05, 3.63) is 81.3 Å². The third kappa shape index (κ3) is 5.00. The molecule has 0 saturated carbocycles. The van der Waals surface area contributed by atoms with E-state index in [1.165, 1.54) is 22.8 Å². The molecule has 40 heavy (non-hydrogen) atoms. The van der Waals surface area contributed by atoms with Crippen molar-refractivity contribution in [3.8, 4) is 33.4 Å². The minimum Gasteiger partial charge on any atom is -0.456 e. The highest BCUT2D eigenvalue weighted by Gasteiger charge is 2.38. The second-order valence-electron chi connectivity index (χ2n) is 9.96. The minimum atomic E-state index is -4.82. The number of aliphatic hydroxyl groups is 1. The van der Waals surface area contributed by atoms with E-state index >= 15 is 0 Å². The van der Waals surface area contributed by atoms with Crippen LogP contribution >= 0.6 is 11.3 Å². The SMILES string of the molecule is Cc1cc(F)cc(C)c1Oc1ccc(C(C)(C)O)cc1-c1cn(C)c(=O)c2cc(-c3nnc(C(F)(F)F)o3)sc12. The summed E-state index contributed by atoms with van der Waals surface area (Å²) in [7, 11) is 1.55. The number of hydrogen-bond acceptors (Lipinski definition) is 7. The van der Waals surface area contributed by atoms with Crippen molar-refractivity contribution in [2.24, 2.45) is 7.05 Å². The van der Waals surface area contributed by atoms with Gasteiger partial charge in [-0.2, -0.15) is 13.2 Å². The van der Waals surface area contributed by atoms with Gasteiger partial charge in [0, 0.05) is 24.4 Å². The summed E-state index contributed by atoms with van der Waals surface area (Å²) in [5, 5.41) is 17.6. The number of nitrogens with zero attached hydrogens (tertiary/aromatic N) is 3. The van der Waals surface area contributed by atoms with Crippen molar-refractivity contribution in [2.45, 2.75) is 39.5 Å². The van der Waals surface area contributed by atoms with Gasteiger partial charge in [0.1, 0.15) is 17.3 Å². The molecular formula is C28H23F4N3O4S. The van der Waals surface area contributed by atoms with Gasteiger partial charge >= 0.3 is 12.1 Å². The third-order valence-electron chi connectivity index (χ3n) is 6.34. The van der Waals surface area contributed by atoms with E-state index in [1.807, 2.05) is 0 Å². The molecule has 0 atom stereocenters. The van der Waals surface area contributed by atoms with Gasteiger partial charge in [-0.25, -0.2) is 4.39 Å². The fraction of sp³-hybridized carbons (Fsp3) is 0.250. The van der Waals surface area contributed by atoms with Gasteiger partial charge in [-0.15, -0.1) is 21.5 Å². The Kier molecular flexibility index (Phi) is 6.58. The lowest BCUT2D eigenvalue weighted by Gasteiger charge is -2.22. The molecule has 0 unspecified atom stereocenters. The molecule has 0 amide bonds. The molecule has 5 rings (SSSR count). The molecule has 1 N–H and O–H groups in total. The van der Waals surface area contributed by atoms with E-state index in [-0.39, 0.29) is 21.7 Å². The Morgan fingerprint density at radius 2 is 1.70 bits per heavy atom. The number of halogens is 4. The smallest absolute Gasteiger partial charge is 0.456 e. The maximum atomic E-state index is 13.9. The van der Waals surface area contributed by atoms with Gasteiger partial charge in [0.25, 0.3) is 11.4 Å². The molecule has 0 radical (unpaired) electrons. The summed E-state index contributed by atoms with van der Waals surface area (Å²) >= 11 is 1.01. The summed E-state index contributed by atoms with van der Waals surface area (Å²) in [6.07, 6.45) is -3.23. The Morgan fingerprint density at radius 1 is 1.02 bits per heavy atom. The molecule has 5 aromatic rings.